The van der Waals surface area contributed by atoms with Crippen LogP contribution in [0.2, 0.25) is 0 Å². The van der Waals surface area contributed by atoms with E-state index < -0.39 is 27.3 Å². The molecule has 0 saturated heterocycles. The highest BCUT2D eigenvalue weighted by molar-refractivity contribution is 5.99. The number of nitro groups is 2. The Bertz CT molecular complexity index is 897. The molecular weight excluding hydrogens is 357 g/mol. The van der Waals surface area contributed by atoms with Crippen LogP contribution in [0.4, 0.5) is 30.2 Å². The van der Waals surface area contributed by atoms with Crippen LogP contribution in [0, 0.1) is 20.2 Å². The molecule has 0 radical (unpaired) electrons. The Labute approximate surface area is 144 Å². The minimum absolute atomic E-state index is 0.169. The van der Waals surface area contributed by atoms with Gasteiger partial charge in [0.1, 0.15) is 5.69 Å². The summed E-state index contributed by atoms with van der Waals surface area (Å²) in [5.41, 5.74) is 0.592. The zero-order chi connectivity index (χ0) is 19.5. The van der Waals surface area contributed by atoms with Crippen molar-refractivity contribution in [2.75, 3.05) is 5.43 Å². The minimum atomic E-state index is -4.72. The highest BCUT2D eigenvalue weighted by Gasteiger charge is 2.33. The molecule has 0 spiro atoms. The van der Waals surface area contributed by atoms with Crippen LogP contribution in [0.1, 0.15) is 18.1 Å². The van der Waals surface area contributed by atoms with Gasteiger partial charge in [0, 0.05) is 23.8 Å². The highest BCUT2D eigenvalue weighted by Crippen LogP contribution is 2.35. The van der Waals surface area contributed by atoms with Crippen LogP contribution in [0.25, 0.3) is 0 Å². The predicted molar refractivity (Wildman–Crippen MR) is 87.0 cm³/mol. The third-order valence-electron chi connectivity index (χ3n) is 3.34. The number of anilines is 1. The van der Waals surface area contributed by atoms with Gasteiger partial charge in [0.15, 0.2) is 0 Å². The highest BCUT2D eigenvalue weighted by atomic mass is 19.4. The summed E-state index contributed by atoms with van der Waals surface area (Å²) in [7, 11) is 0. The Morgan fingerprint density at radius 1 is 1.08 bits per heavy atom. The summed E-state index contributed by atoms with van der Waals surface area (Å²) in [6.07, 6.45) is -4.72. The summed E-state index contributed by atoms with van der Waals surface area (Å²) in [5, 5.41) is 25.6. The molecule has 0 aliphatic carbocycles. The summed E-state index contributed by atoms with van der Waals surface area (Å²) in [6.45, 7) is 1.49. The maximum Gasteiger partial charge on any atom is 0.416 e. The molecule has 0 amide bonds. The summed E-state index contributed by atoms with van der Waals surface area (Å²) in [4.78, 5) is 20.2. The topological polar surface area (TPSA) is 111 Å². The number of non-ortho nitro benzene ring substituents is 1. The minimum Gasteiger partial charge on any atom is -0.271 e. The second kappa shape index (κ2) is 7.17. The van der Waals surface area contributed by atoms with E-state index in [4.69, 9.17) is 0 Å². The van der Waals surface area contributed by atoms with E-state index >= 15 is 0 Å². The standard InChI is InChI=1S/C15H11F3N4O4/c1-9(10-3-2-4-12(7-10)21(23)24)19-20-13-6-5-11(15(16,17)18)8-14(13)22(25)26/h2-8,20H,1H3. The van der Waals surface area contributed by atoms with Gasteiger partial charge in [0.2, 0.25) is 0 Å². The van der Waals surface area contributed by atoms with E-state index in [9.17, 15) is 33.4 Å². The number of hydrogen-bond donors (Lipinski definition) is 1. The van der Waals surface area contributed by atoms with Crippen molar-refractivity contribution in [2.45, 2.75) is 13.1 Å². The lowest BCUT2D eigenvalue weighted by atomic mass is 10.1. The first kappa shape index (κ1) is 18.8. The Hall–Kier alpha value is -3.50. The van der Waals surface area contributed by atoms with Crippen LogP contribution in [0.3, 0.4) is 0 Å². The quantitative estimate of drug-likeness (QED) is 0.479. The molecule has 2 aromatic rings. The molecule has 0 unspecified atom stereocenters. The van der Waals surface area contributed by atoms with E-state index in [0.29, 0.717) is 17.7 Å². The van der Waals surface area contributed by atoms with Crippen LogP contribution in [0.15, 0.2) is 47.6 Å². The summed E-state index contributed by atoms with van der Waals surface area (Å²) < 4.78 is 38.0. The van der Waals surface area contributed by atoms with Gasteiger partial charge in [-0.1, -0.05) is 12.1 Å². The van der Waals surface area contributed by atoms with Gasteiger partial charge in [0.25, 0.3) is 11.4 Å². The molecule has 0 atom stereocenters. The Balaban J connectivity index is 2.33. The maximum atomic E-state index is 12.7. The van der Waals surface area contributed by atoms with Crippen LogP contribution >= 0.6 is 0 Å². The molecule has 0 bridgehead atoms. The Morgan fingerprint density at radius 2 is 1.77 bits per heavy atom. The van der Waals surface area contributed by atoms with Crippen molar-refractivity contribution in [2.24, 2.45) is 5.10 Å². The number of hydrogen-bond acceptors (Lipinski definition) is 6. The van der Waals surface area contributed by atoms with Gasteiger partial charge in [0.05, 0.1) is 21.1 Å². The zero-order valence-electron chi connectivity index (χ0n) is 13.1. The van der Waals surface area contributed by atoms with Gasteiger partial charge in [-0.2, -0.15) is 18.3 Å². The summed E-state index contributed by atoms with van der Waals surface area (Å²) in [5.74, 6) is 0. The second-order valence-corrected chi connectivity index (χ2v) is 5.10. The number of halogens is 3. The molecule has 8 nitrogen and oxygen atoms in total. The first-order valence-corrected chi connectivity index (χ1v) is 7.00. The number of hydrazone groups is 1. The molecule has 0 aromatic heterocycles. The van der Waals surface area contributed by atoms with Gasteiger partial charge in [-0.25, -0.2) is 0 Å². The van der Waals surface area contributed by atoms with Crippen LogP contribution in [-0.4, -0.2) is 15.6 Å². The monoisotopic (exact) mass is 368 g/mol. The van der Waals surface area contributed by atoms with Gasteiger partial charge in [-0.3, -0.25) is 25.7 Å². The third kappa shape index (κ3) is 4.32. The van der Waals surface area contributed by atoms with Crippen molar-refractivity contribution < 1.29 is 23.0 Å². The van der Waals surface area contributed by atoms with E-state index in [2.05, 4.69) is 10.5 Å². The van der Waals surface area contributed by atoms with Crippen molar-refractivity contribution in [3.8, 4) is 0 Å². The zero-order valence-corrected chi connectivity index (χ0v) is 13.1. The van der Waals surface area contributed by atoms with E-state index in [1.165, 1.54) is 31.2 Å². The normalized spacial score (nSPS) is 11.9. The molecule has 2 rings (SSSR count). The number of benzene rings is 2. The number of rotatable bonds is 5. The van der Waals surface area contributed by atoms with E-state index in [-0.39, 0.29) is 17.1 Å². The van der Waals surface area contributed by atoms with Crippen LogP contribution in [-0.2, 0) is 6.18 Å². The molecule has 0 heterocycles. The average Bonchev–Trinajstić information content (AvgIpc) is 2.58. The number of nitrogens with one attached hydrogen (secondary N) is 1. The molecule has 0 aliphatic heterocycles. The fourth-order valence-electron chi connectivity index (χ4n) is 2.01. The lowest BCUT2D eigenvalue weighted by Gasteiger charge is -2.09. The van der Waals surface area contributed by atoms with Gasteiger partial charge >= 0.3 is 6.18 Å². The van der Waals surface area contributed by atoms with Crippen LogP contribution < -0.4 is 5.43 Å². The number of nitro benzene ring substituents is 2. The van der Waals surface area contributed by atoms with Crippen LogP contribution in [0.5, 0.6) is 0 Å². The molecule has 0 fully saturated rings. The Morgan fingerprint density at radius 3 is 2.35 bits per heavy atom. The average molecular weight is 368 g/mol. The van der Waals surface area contributed by atoms with Crippen molar-refractivity contribution in [3.05, 3.63) is 73.8 Å². The maximum absolute atomic E-state index is 12.7. The van der Waals surface area contributed by atoms with E-state index in [1.54, 1.807) is 0 Å². The van der Waals surface area contributed by atoms with Gasteiger partial charge < -0.3 is 0 Å². The summed E-state index contributed by atoms with van der Waals surface area (Å²) >= 11 is 0. The molecule has 11 heteroatoms. The fraction of sp³-hybridized carbons (Fsp3) is 0.133. The Kier molecular flexibility index (Phi) is 5.19. The molecule has 0 saturated carbocycles. The van der Waals surface area contributed by atoms with Crippen molar-refractivity contribution in [1.29, 1.82) is 0 Å². The first-order chi connectivity index (χ1) is 12.1. The summed E-state index contributed by atoms with van der Waals surface area (Å²) in [6, 6.07) is 7.49. The number of nitrogens with zero attached hydrogens (tertiary/aromatic N) is 3. The SMILES string of the molecule is CC(=NNc1ccc(C(F)(F)F)cc1[N+](=O)[O-])c1cccc([N+](=O)[O-])c1. The lowest BCUT2D eigenvalue weighted by Crippen LogP contribution is -2.07. The molecule has 136 valence electrons. The lowest BCUT2D eigenvalue weighted by molar-refractivity contribution is -0.384. The molecule has 26 heavy (non-hydrogen) atoms. The van der Waals surface area contributed by atoms with Crippen molar-refractivity contribution >= 4 is 22.8 Å². The van der Waals surface area contributed by atoms with Gasteiger partial charge in [-0.15, -0.1) is 0 Å². The van der Waals surface area contributed by atoms with Crippen molar-refractivity contribution in [1.82, 2.24) is 0 Å². The largest absolute Gasteiger partial charge is 0.416 e. The molecule has 0 aliphatic rings. The van der Waals surface area contributed by atoms with E-state index in [0.717, 1.165) is 6.07 Å². The third-order valence-corrected chi connectivity index (χ3v) is 3.34. The van der Waals surface area contributed by atoms with Gasteiger partial charge in [-0.05, 0) is 19.1 Å². The molecule has 2 aromatic carbocycles. The fourth-order valence-corrected chi connectivity index (χ4v) is 2.01. The smallest absolute Gasteiger partial charge is 0.271 e. The molecule has 1 N–H and O–H groups in total. The number of alkyl halides is 3. The first-order valence-electron chi connectivity index (χ1n) is 7.00. The van der Waals surface area contributed by atoms with E-state index in [1.807, 2.05) is 0 Å². The van der Waals surface area contributed by atoms with Crippen molar-refractivity contribution in [3.63, 3.8) is 0 Å². The second-order valence-electron chi connectivity index (χ2n) is 5.10. The predicted octanol–water partition coefficient (Wildman–Crippen LogP) is 4.36. The molecular formula is C15H11F3N4O4.